The second-order valence-electron chi connectivity index (χ2n) is 5.13. The summed E-state index contributed by atoms with van der Waals surface area (Å²) in [5, 5.41) is 4.81. The SMILES string of the molecule is C=C(C)C[C@H](c1ccc(Cl)cc1Cl)N1CCNCC1.Cl.Cl. The lowest BCUT2D eigenvalue weighted by Gasteiger charge is -2.36. The van der Waals surface area contributed by atoms with E-state index in [2.05, 4.69) is 23.7 Å². The monoisotopic (exact) mass is 370 g/mol. The maximum Gasteiger partial charge on any atom is 0.0468 e. The van der Waals surface area contributed by atoms with Crippen molar-refractivity contribution in [2.24, 2.45) is 0 Å². The molecule has 1 N–H and O–H groups in total. The molecule has 1 aliphatic rings. The van der Waals surface area contributed by atoms with Gasteiger partial charge in [0.15, 0.2) is 0 Å². The first-order valence-electron chi connectivity index (χ1n) is 6.62. The largest absolute Gasteiger partial charge is 0.314 e. The van der Waals surface area contributed by atoms with E-state index in [0.29, 0.717) is 11.1 Å². The van der Waals surface area contributed by atoms with Crippen LogP contribution in [0.2, 0.25) is 10.0 Å². The van der Waals surface area contributed by atoms with Crippen molar-refractivity contribution < 1.29 is 0 Å². The molecule has 0 saturated carbocycles. The number of nitrogens with zero attached hydrogens (tertiary/aromatic N) is 1. The van der Waals surface area contributed by atoms with Crippen molar-refractivity contribution in [1.29, 1.82) is 0 Å². The van der Waals surface area contributed by atoms with Gasteiger partial charge in [-0.05, 0) is 31.0 Å². The molecule has 6 heteroatoms. The lowest BCUT2D eigenvalue weighted by atomic mass is 9.98. The molecule has 0 unspecified atom stereocenters. The first-order valence-corrected chi connectivity index (χ1v) is 7.37. The predicted octanol–water partition coefficient (Wildman–Crippen LogP) is 4.75. The highest BCUT2D eigenvalue weighted by molar-refractivity contribution is 6.35. The molecule has 2 nitrogen and oxygen atoms in total. The van der Waals surface area contributed by atoms with Crippen molar-refractivity contribution in [3.05, 3.63) is 46.0 Å². The van der Waals surface area contributed by atoms with Crippen molar-refractivity contribution in [2.75, 3.05) is 26.2 Å². The van der Waals surface area contributed by atoms with E-state index in [1.54, 1.807) is 0 Å². The number of hydrogen-bond acceptors (Lipinski definition) is 2. The van der Waals surface area contributed by atoms with Crippen molar-refractivity contribution >= 4 is 48.0 Å². The molecule has 1 fully saturated rings. The van der Waals surface area contributed by atoms with Gasteiger partial charge in [-0.2, -0.15) is 0 Å². The first-order chi connectivity index (χ1) is 9.08. The van der Waals surface area contributed by atoms with Crippen LogP contribution in [0.4, 0.5) is 0 Å². The predicted molar refractivity (Wildman–Crippen MR) is 97.6 cm³/mol. The molecule has 21 heavy (non-hydrogen) atoms. The van der Waals surface area contributed by atoms with Crippen molar-refractivity contribution in [1.82, 2.24) is 10.2 Å². The second-order valence-corrected chi connectivity index (χ2v) is 5.97. The molecule has 0 radical (unpaired) electrons. The summed E-state index contributed by atoms with van der Waals surface area (Å²) in [7, 11) is 0. The van der Waals surface area contributed by atoms with Gasteiger partial charge >= 0.3 is 0 Å². The van der Waals surface area contributed by atoms with E-state index in [4.69, 9.17) is 23.2 Å². The molecule has 120 valence electrons. The van der Waals surface area contributed by atoms with E-state index < -0.39 is 0 Å². The molecule has 0 spiro atoms. The average molecular weight is 372 g/mol. The Hall–Kier alpha value is 0.0400. The number of piperazine rings is 1. The third kappa shape index (κ3) is 5.97. The molecular weight excluding hydrogens is 350 g/mol. The number of rotatable bonds is 4. The van der Waals surface area contributed by atoms with Crippen molar-refractivity contribution in [2.45, 2.75) is 19.4 Å². The Kier molecular flexibility index (Phi) is 9.96. The van der Waals surface area contributed by atoms with E-state index in [1.807, 2.05) is 18.2 Å². The lowest BCUT2D eigenvalue weighted by Crippen LogP contribution is -2.45. The summed E-state index contributed by atoms with van der Waals surface area (Å²) >= 11 is 12.4. The summed E-state index contributed by atoms with van der Waals surface area (Å²) in [6.45, 7) is 10.2. The third-order valence-electron chi connectivity index (χ3n) is 3.46. The molecule has 1 aliphatic heterocycles. The normalized spacial score (nSPS) is 16.5. The van der Waals surface area contributed by atoms with Crippen LogP contribution in [-0.4, -0.2) is 31.1 Å². The van der Waals surface area contributed by atoms with Gasteiger partial charge in [0, 0.05) is 42.3 Å². The maximum atomic E-state index is 6.37. The Morgan fingerprint density at radius 2 is 1.90 bits per heavy atom. The zero-order chi connectivity index (χ0) is 13.8. The van der Waals surface area contributed by atoms with E-state index in [1.165, 1.54) is 5.57 Å². The Labute approximate surface area is 149 Å². The van der Waals surface area contributed by atoms with Crippen molar-refractivity contribution in [3.8, 4) is 0 Å². The van der Waals surface area contributed by atoms with Crippen LogP contribution >= 0.6 is 48.0 Å². The number of halogens is 4. The Bertz CT molecular complexity index is 459. The Morgan fingerprint density at radius 3 is 2.43 bits per heavy atom. The van der Waals surface area contributed by atoms with Gasteiger partial charge in [-0.1, -0.05) is 34.8 Å². The topological polar surface area (TPSA) is 15.3 Å². The van der Waals surface area contributed by atoms with Crippen LogP contribution in [0, 0.1) is 0 Å². The highest BCUT2D eigenvalue weighted by Gasteiger charge is 2.24. The first kappa shape index (κ1) is 21.0. The Morgan fingerprint density at radius 1 is 1.29 bits per heavy atom. The van der Waals surface area contributed by atoms with E-state index in [-0.39, 0.29) is 24.8 Å². The van der Waals surface area contributed by atoms with Crippen molar-refractivity contribution in [3.63, 3.8) is 0 Å². The highest BCUT2D eigenvalue weighted by Crippen LogP contribution is 2.33. The minimum atomic E-state index is 0. The van der Waals surface area contributed by atoms with Gasteiger partial charge in [-0.15, -0.1) is 31.4 Å². The fourth-order valence-corrected chi connectivity index (χ4v) is 3.07. The smallest absolute Gasteiger partial charge is 0.0468 e. The second kappa shape index (κ2) is 9.94. The molecule has 1 atom stereocenters. The molecule has 0 bridgehead atoms. The van der Waals surface area contributed by atoms with Gasteiger partial charge in [0.2, 0.25) is 0 Å². The lowest BCUT2D eigenvalue weighted by molar-refractivity contribution is 0.172. The summed E-state index contributed by atoms with van der Waals surface area (Å²) in [4.78, 5) is 2.47. The van der Waals surface area contributed by atoms with E-state index in [0.717, 1.165) is 43.2 Å². The summed E-state index contributed by atoms with van der Waals surface area (Å²) in [5.74, 6) is 0. The highest BCUT2D eigenvalue weighted by atomic mass is 35.5. The standard InChI is InChI=1S/C15H20Cl2N2.2ClH/c1-11(2)9-15(19-7-5-18-6-8-19)13-4-3-12(16)10-14(13)17;;/h3-4,10,15,18H,1,5-9H2,2H3;2*1H/t15-;;/m1../s1. The quantitative estimate of drug-likeness (QED) is 0.768. The van der Waals surface area contributed by atoms with Gasteiger partial charge in [0.05, 0.1) is 0 Å². The molecule has 1 heterocycles. The molecule has 1 aromatic rings. The van der Waals surface area contributed by atoms with E-state index >= 15 is 0 Å². The molecule has 0 aliphatic carbocycles. The summed E-state index contributed by atoms with van der Waals surface area (Å²) in [5.41, 5.74) is 2.32. The zero-order valence-electron chi connectivity index (χ0n) is 12.1. The molecule has 2 rings (SSSR count). The number of hydrogen-bond donors (Lipinski definition) is 1. The molecule has 1 saturated heterocycles. The van der Waals surface area contributed by atoms with Gasteiger partial charge in [0.1, 0.15) is 0 Å². The van der Waals surface area contributed by atoms with Crippen LogP contribution in [0.15, 0.2) is 30.4 Å². The third-order valence-corrected chi connectivity index (χ3v) is 4.02. The van der Waals surface area contributed by atoms with Crippen LogP contribution in [0.25, 0.3) is 0 Å². The van der Waals surface area contributed by atoms with Crippen LogP contribution < -0.4 is 5.32 Å². The van der Waals surface area contributed by atoms with Crippen LogP contribution in [0.1, 0.15) is 24.9 Å². The summed E-state index contributed by atoms with van der Waals surface area (Å²) < 4.78 is 0. The van der Waals surface area contributed by atoms with Crippen LogP contribution in [0.3, 0.4) is 0 Å². The van der Waals surface area contributed by atoms with Gasteiger partial charge in [-0.3, -0.25) is 4.90 Å². The van der Waals surface area contributed by atoms with Gasteiger partial charge < -0.3 is 5.32 Å². The fourth-order valence-electron chi connectivity index (χ4n) is 2.53. The molecule has 0 amide bonds. The maximum absolute atomic E-state index is 6.37. The zero-order valence-corrected chi connectivity index (χ0v) is 15.2. The number of nitrogens with one attached hydrogen (secondary N) is 1. The Balaban J connectivity index is 0.00000200. The molecular formula is C15H22Cl4N2. The van der Waals surface area contributed by atoms with Crippen LogP contribution in [-0.2, 0) is 0 Å². The fraction of sp³-hybridized carbons (Fsp3) is 0.467. The molecule has 0 aromatic heterocycles. The average Bonchev–Trinajstić information content (AvgIpc) is 2.37. The molecule has 1 aromatic carbocycles. The number of benzene rings is 1. The van der Waals surface area contributed by atoms with Gasteiger partial charge in [0.25, 0.3) is 0 Å². The minimum absolute atomic E-state index is 0. The minimum Gasteiger partial charge on any atom is -0.314 e. The van der Waals surface area contributed by atoms with E-state index in [9.17, 15) is 0 Å². The summed E-state index contributed by atoms with van der Waals surface area (Å²) in [6.07, 6.45) is 0.932. The van der Waals surface area contributed by atoms with Gasteiger partial charge in [-0.25, -0.2) is 0 Å². The van der Waals surface area contributed by atoms with Crippen LogP contribution in [0.5, 0.6) is 0 Å². The summed E-state index contributed by atoms with van der Waals surface area (Å²) in [6, 6.07) is 6.08.